The molecule has 0 aliphatic carbocycles. The standard InChI is InChI=1S/C22H31N5O2/c1-6-22(4,5)24-18(28)14-26-13-12-23-21(29)20(26)19-15(2)25-27(16(19)3)17-10-8-7-9-11-17/h7-11,20H,6,12-14H2,1-5H3,(H,23,29)(H,24,28). The molecule has 2 N–H and O–H groups in total. The lowest BCUT2D eigenvalue weighted by Crippen LogP contribution is -2.54. The van der Waals surface area contributed by atoms with E-state index in [1.807, 2.05) is 74.5 Å². The minimum Gasteiger partial charge on any atom is -0.353 e. The monoisotopic (exact) mass is 397 g/mol. The highest BCUT2D eigenvalue weighted by atomic mass is 16.2. The summed E-state index contributed by atoms with van der Waals surface area (Å²) in [6.45, 7) is 11.3. The number of hydrogen-bond donors (Lipinski definition) is 2. The minimum absolute atomic E-state index is 0.0673. The van der Waals surface area contributed by atoms with E-state index in [1.54, 1.807) is 0 Å². The average molecular weight is 398 g/mol. The van der Waals surface area contributed by atoms with Gasteiger partial charge in [-0.05, 0) is 46.2 Å². The molecule has 1 atom stereocenters. The molecule has 0 bridgehead atoms. The van der Waals surface area contributed by atoms with E-state index >= 15 is 0 Å². The van der Waals surface area contributed by atoms with Crippen molar-refractivity contribution in [3.05, 3.63) is 47.3 Å². The molecule has 7 nitrogen and oxygen atoms in total. The number of nitrogens with one attached hydrogen (secondary N) is 2. The van der Waals surface area contributed by atoms with Crippen LogP contribution in [0.3, 0.4) is 0 Å². The van der Waals surface area contributed by atoms with Crippen LogP contribution in [0, 0.1) is 13.8 Å². The predicted octanol–water partition coefficient (Wildman–Crippen LogP) is 2.27. The Kier molecular flexibility index (Phi) is 6.07. The van der Waals surface area contributed by atoms with E-state index in [0.29, 0.717) is 13.1 Å². The summed E-state index contributed by atoms with van der Waals surface area (Å²) in [6, 6.07) is 9.33. The molecule has 1 aromatic carbocycles. The van der Waals surface area contributed by atoms with E-state index in [-0.39, 0.29) is 23.9 Å². The number of carbonyl (C=O) groups excluding carboxylic acids is 2. The molecule has 29 heavy (non-hydrogen) atoms. The lowest BCUT2D eigenvalue weighted by Gasteiger charge is -2.35. The molecule has 0 radical (unpaired) electrons. The molecule has 7 heteroatoms. The fourth-order valence-corrected chi connectivity index (χ4v) is 3.76. The highest BCUT2D eigenvalue weighted by Gasteiger charge is 2.36. The molecular weight excluding hydrogens is 366 g/mol. The van der Waals surface area contributed by atoms with Gasteiger partial charge >= 0.3 is 0 Å². The van der Waals surface area contributed by atoms with Gasteiger partial charge in [0.05, 0.1) is 17.9 Å². The van der Waals surface area contributed by atoms with Crippen LogP contribution in [0.5, 0.6) is 0 Å². The Labute approximate surface area is 172 Å². The Bertz CT molecular complexity index is 888. The second-order valence-corrected chi connectivity index (χ2v) is 8.28. The Hall–Kier alpha value is -2.67. The van der Waals surface area contributed by atoms with Gasteiger partial charge in [0, 0.05) is 29.9 Å². The number of hydrogen-bond acceptors (Lipinski definition) is 4. The Balaban J connectivity index is 1.91. The normalized spacial score (nSPS) is 17.8. The van der Waals surface area contributed by atoms with Gasteiger partial charge in [0.15, 0.2) is 0 Å². The predicted molar refractivity (Wildman–Crippen MR) is 113 cm³/mol. The van der Waals surface area contributed by atoms with Gasteiger partial charge in [-0.1, -0.05) is 25.1 Å². The van der Waals surface area contributed by atoms with Crippen molar-refractivity contribution in [3.63, 3.8) is 0 Å². The molecule has 1 saturated heterocycles. The summed E-state index contributed by atoms with van der Waals surface area (Å²) >= 11 is 0. The van der Waals surface area contributed by atoms with Crippen molar-refractivity contribution in [3.8, 4) is 5.69 Å². The first kappa shape index (κ1) is 21.0. The Morgan fingerprint density at radius 1 is 1.28 bits per heavy atom. The van der Waals surface area contributed by atoms with E-state index in [2.05, 4.69) is 15.7 Å². The van der Waals surface area contributed by atoms with Crippen molar-refractivity contribution in [1.82, 2.24) is 25.3 Å². The number of nitrogens with zero attached hydrogens (tertiary/aromatic N) is 3. The Morgan fingerprint density at radius 2 is 1.97 bits per heavy atom. The topological polar surface area (TPSA) is 79.3 Å². The van der Waals surface area contributed by atoms with Crippen LogP contribution < -0.4 is 10.6 Å². The highest BCUT2D eigenvalue weighted by molar-refractivity contribution is 5.86. The molecule has 156 valence electrons. The number of aromatic nitrogens is 2. The third kappa shape index (κ3) is 4.50. The average Bonchev–Trinajstić information content (AvgIpc) is 2.97. The lowest BCUT2D eigenvalue weighted by atomic mass is 9.99. The molecule has 0 spiro atoms. The summed E-state index contributed by atoms with van der Waals surface area (Å²) in [5.74, 6) is -0.153. The first-order valence-corrected chi connectivity index (χ1v) is 10.2. The molecule has 1 unspecified atom stereocenters. The van der Waals surface area contributed by atoms with Crippen LogP contribution >= 0.6 is 0 Å². The smallest absolute Gasteiger partial charge is 0.242 e. The maximum absolute atomic E-state index is 12.9. The van der Waals surface area contributed by atoms with Gasteiger partial charge in [-0.2, -0.15) is 5.10 Å². The number of benzene rings is 1. The first-order chi connectivity index (χ1) is 13.7. The maximum Gasteiger partial charge on any atom is 0.242 e. The van der Waals surface area contributed by atoms with Crippen molar-refractivity contribution < 1.29 is 9.59 Å². The van der Waals surface area contributed by atoms with Gasteiger partial charge in [0.1, 0.15) is 6.04 Å². The van der Waals surface area contributed by atoms with Gasteiger partial charge < -0.3 is 10.6 Å². The van der Waals surface area contributed by atoms with E-state index in [4.69, 9.17) is 0 Å². The first-order valence-electron chi connectivity index (χ1n) is 10.2. The summed E-state index contributed by atoms with van der Waals surface area (Å²) in [5, 5.41) is 10.7. The fourth-order valence-electron chi connectivity index (χ4n) is 3.76. The van der Waals surface area contributed by atoms with Gasteiger partial charge in [-0.15, -0.1) is 0 Å². The molecule has 1 aliphatic rings. The molecule has 1 fully saturated rings. The quantitative estimate of drug-likeness (QED) is 0.784. The van der Waals surface area contributed by atoms with Crippen LogP contribution in [-0.2, 0) is 9.59 Å². The second kappa shape index (κ2) is 8.37. The lowest BCUT2D eigenvalue weighted by molar-refractivity contribution is -0.132. The zero-order valence-electron chi connectivity index (χ0n) is 18.0. The summed E-state index contributed by atoms with van der Waals surface area (Å²) in [6.07, 6.45) is 0.838. The summed E-state index contributed by atoms with van der Waals surface area (Å²) in [7, 11) is 0. The van der Waals surface area contributed by atoms with Crippen molar-refractivity contribution in [2.75, 3.05) is 19.6 Å². The molecule has 1 aromatic heterocycles. The maximum atomic E-state index is 12.9. The molecular formula is C22H31N5O2. The zero-order valence-corrected chi connectivity index (χ0v) is 18.0. The van der Waals surface area contributed by atoms with E-state index in [1.165, 1.54) is 0 Å². The number of para-hydroxylation sites is 1. The van der Waals surface area contributed by atoms with Crippen LogP contribution in [0.2, 0.25) is 0 Å². The van der Waals surface area contributed by atoms with Gasteiger partial charge in [-0.3, -0.25) is 14.5 Å². The largest absolute Gasteiger partial charge is 0.353 e. The number of aryl methyl sites for hydroxylation is 1. The summed E-state index contributed by atoms with van der Waals surface area (Å²) < 4.78 is 1.87. The minimum atomic E-state index is -0.531. The number of amides is 2. The Morgan fingerprint density at radius 3 is 2.62 bits per heavy atom. The molecule has 2 heterocycles. The zero-order chi connectivity index (χ0) is 21.2. The van der Waals surface area contributed by atoms with Crippen LogP contribution in [0.4, 0.5) is 0 Å². The van der Waals surface area contributed by atoms with Crippen LogP contribution in [0.25, 0.3) is 5.69 Å². The summed E-state index contributed by atoms with van der Waals surface area (Å²) in [5.41, 5.74) is 3.26. The molecule has 2 aromatic rings. The van der Waals surface area contributed by atoms with Crippen molar-refractivity contribution >= 4 is 11.8 Å². The van der Waals surface area contributed by atoms with Crippen LogP contribution in [0.1, 0.15) is 50.2 Å². The third-order valence-electron chi connectivity index (χ3n) is 5.64. The summed E-state index contributed by atoms with van der Waals surface area (Å²) in [4.78, 5) is 27.5. The van der Waals surface area contributed by atoms with Crippen molar-refractivity contribution in [1.29, 1.82) is 0 Å². The van der Waals surface area contributed by atoms with Gasteiger partial charge in [0.25, 0.3) is 0 Å². The molecule has 1 aliphatic heterocycles. The van der Waals surface area contributed by atoms with Crippen LogP contribution in [0.15, 0.2) is 30.3 Å². The van der Waals surface area contributed by atoms with Crippen molar-refractivity contribution in [2.45, 2.75) is 52.6 Å². The number of rotatable bonds is 6. The highest BCUT2D eigenvalue weighted by Crippen LogP contribution is 2.30. The SMILES string of the molecule is CCC(C)(C)NC(=O)CN1CCNC(=O)C1c1c(C)nn(-c2ccccc2)c1C. The molecule has 3 rings (SSSR count). The second-order valence-electron chi connectivity index (χ2n) is 8.28. The molecule has 0 saturated carbocycles. The number of piperazine rings is 1. The number of carbonyl (C=O) groups is 2. The van der Waals surface area contributed by atoms with E-state index in [0.717, 1.165) is 29.1 Å². The van der Waals surface area contributed by atoms with Crippen molar-refractivity contribution in [2.24, 2.45) is 0 Å². The van der Waals surface area contributed by atoms with E-state index in [9.17, 15) is 9.59 Å². The van der Waals surface area contributed by atoms with E-state index < -0.39 is 6.04 Å². The third-order valence-corrected chi connectivity index (χ3v) is 5.64. The van der Waals surface area contributed by atoms with Gasteiger partial charge in [0.2, 0.25) is 11.8 Å². The van der Waals surface area contributed by atoms with Gasteiger partial charge in [-0.25, -0.2) is 4.68 Å². The van der Waals surface area contributed by atoms with Crippen LogP contribution in [-0.4, -0.2) is 51.7 Å². The fraction of sp³-hybridized carbons (Fsp3) is 0.500. The molecule has 2 amide bonds.